The first-order valence-electron chi connectivity index (χ1n) is 28.9. The second-order valence-corrected chi connectivity index (χ2v) is 36.6. The fourth-order valence-electron chi connectivity index (χ4n) is 10.9. The molecule has 0 spiro atoms. The van der Waals surface area contributed by atoms with Crippen LogP contribution in [0.1, 0.15) is 20.8 Å². The van der Waals surface area contributed by atoms with Gasteiger partial charge in [-0.3, -0.25) is 0 Å². The second-order valence-electron chi connectivity index (χ2n) is 20.1. The van der Waals surface area contributed by atoms with Crippen LogP contribution in [-0.4, -0.2) is 16.2 Å². The van der Waals surface area contributed by atoms with Crippen molar-refractivity contribution >= 4 is 111 Å². The van der Waals surface area contributed by atoms with E-state index in [1.807, 2.05) is 0 Å². The van der Waals surface area contributed by atoms with Crippen molar-refractivity contribution in [2.75, 3.05) is 0 Å². The second kappa shape index (κ2) is 35.3. The van der Waals surface area contributed by atoms with Gasteiger partial charge in [-0.2, -0.15) is 0 Å². The summed E-state index contributed by atoms with van der Waals surface area (Å²) in [7, 11) is -2.82. The van der Waals surface area contributed by atoms with Crippen LogP contribution in [0.15, 0.2) is 364 Å². The van der Waals surface area contributed by atoms with E-state index < -0.39 is 47.5 Å². The summed E-state index contributed by atoms with van der Waals surface area (Å²) in [5.74, 6) is 0. The molecule has 0 unspecified atom stereocenters. The van der Waals surface area contributed by atoms with Gasteiger partial charge >= 0.3 is 0 Å². The molecule has 86 heavy (non-hydrogen) atoms. The molecule has 12 rings (SSSR count). The number of rotatable bonds is 18. The quantitative estimate of drug-likeness (QED) is 0.0593. The van der Waals surface area contributed by atoms with Gasteiger partial charge in [-0.15, -0.1) is 0 Å². The SMILES string of the molecule is CC(P(c1ccccc1)c1ccccc1)P(c1ccccc1)c1ccccc1.CC(P(c1ccccc1)c1ccccc1)P(c1ccccc1)c1ccccc1.CC(P(c1ccccc1)c1ccccc1)P(c1ccccc1)c1ccccc1.[Cu].[Cu]. The first kappa shape index (κ1) is 66.2. The first-order chi connectivity index (χ1) is 41.5. The van der Waals surface area contributed by atoms with E-state index in [0.717, 1.165) is 0 Å². The molecule has 0 bridgehead atoms. The van der Waals surface area contributed by atoms with Crippen LogP contribution in [0, 0.1) is 0 Å². The van der Waals surface area contributed by atoms with Crippen molar-refractivity contribution in [2.45, 2.75) is 37.0 Å². The minimum absolute atomic E-state index is 0. The van der Waals surface area contributed by atoms with Crippen molar-refractivity contribution in [2.24, 2.45) is 0 Å². The Kier molecular flexibility index (Phi) is 27.2. The third-order valence-electron chi connectivity index (χ3n) is 14.7. The molecule has 12 aromatic carbocycles. The maximum atomic E-state index is 2.46. The van der Waals surface area contributed by atoms with Crippen molar-refractivity contribution in [1.29, 1.82) is 0 Å². The molecule has 0 nitrogen and oxygen atoms in total. The van der Waals surface area contributed by atoms with Crippen molar-refractivity contribution in [3.8, 4) is 0 Å². The Bertz CT molecular complexity index is 2840. The van der Waals surface area contributed by atoms with Crippen molar-refractivity contribution < 1.29 is 34.1 Å². The molecular formula is C78H72Cu2P6. The maximum Gasteiger partial charge on any atom is 0.0126 e. The number of benzene rings is 12. The molecule has 0 aliphatic rings. The van der Waals surface area contributed by atoms with Gasteiger partial charge in [-0.25, -0.2) is 0 Å². The molecule has 0 heterocycles. The summed E-state index contributed by atoms with van der Waals surface area (Å²) in [4.78, 5) is 0. The van der Waals surface area contributed by atoms with Crippen LogP contribution in [0.2, 0.25) is 0 Å². The van der Waals surface area contributed by atoms with Crippen LogP contribution in [-0.2, 0) is 34.1 Å². The van der Waals surface area contributed by atoms with Gasteiger partial charge in [-0.1, -0.05) is 385 Å². The van der Waals surface area contributed by atoms with Crippen LogP contribution < -0.4 is 63.7 Å². The Balaban J connectivity index is 0.000000166. The van der Waals surface area contributed by atoms with E-state index >= 15 is 0 Å². The van der Waals surface area contributed by atoms with E-state index in [1.54, 1.807) is 0 Å². The normalized spacial score (nSPS) is 11.0. The minimum atomic E-state index is -0.470. The molecule has 436 valence electrons. The van der Waals surface area contributed by atoms with E-state index in [0.29, 0.717) is 16.2 Å². The van der Waals surface area contributed by atoms with Crippen LogP contribution in [0.3, 0.4) is 0 Å². The first-order valence-corrected chi connectivity index (χ1v) is 37.4. The molecule has 0 saturated carbocycles. The Labute approximate surface area is 541 Å². The maximum absolute atomic E-state index is 2.46. The van der Waals surface area contributed by atoms with Crippen LogP contribution in [0.5, 0.6) is 0 Å². The van der Waals surface area contributed by atoms with Crippen molar-refractivity contribution in [1.82, 2.24) is 0 Å². The largest absolute Gasteiger partial charge is 0.0622 e. The summed E-state index contributed by atoms with van der Waals surface area (Å²) in [6.07, 6.45) is 0. The molecule has 0 N–H and O–H groups in total. The summed E-state index contributed by atoms with van der Waals surface area (Å²) in [5, 5.41) is 19.0. The van der Waals surface area contributed by atoms with Gasteiger partial charge in [0.1, 0.15) is 0 Å². The van der Waals surface area contributed by atoms with Gasteiger partial charge in [0, 0.05) is 50.3 Å². The third-order valence-corrected chi connectivity index (χ3v) is 33.5. The van der Waals surface area contributed by atoms with Crippen LogP contribution >= 0.6 is 47.5 Å². The van der Waals surface area contributed by atoms with E-state index in [2.05, 4.69) is 385 Å². The topological polar surface area (TPSA) is 0 Å². The molecule has 0 aliphatic carbocycles. The Hall–Kier alpha value is -5.74. The zero-order valence-electron chi connectivity index (χ0n) is 48.7. The van der Waals surface area contributed by atoms with E-state index in [4.69, 9.17) is 0 Å². The Morgan fingerprint density at radius 3 is 0.279 bits per heavy atom. The summed E-state index contributed by atoms with van der Waals surface area (Å²) >= 11 is 0. The van der Waals surface area contributed by atoms with Gasteiger partial charge in [0.15, 0.2) is 0 Å². The van der Waals surface area contributed by atoms with Gasteiger partial charge in [0.2, 0.25) is 0 Å². The van der Waals surface area contributed by atoms with Gasteiger partial charge < -0.3 is 0 Å². The molecular weight excluding hydrogens is 1250 g/mol. The summed E-state index contributed by atoms with van der Waals surface area (Å²) < 4.78 is 0. The van der Waals surface area contributed by atoms with Crippen LogP contribution in [0.4, 0.5) is 0 Å². The van der Waals surface area contributed by atoms with E-state index in [9.17, 15) is 0 Å². The van der Waals surface area contributed by atoms with Crippen molar-refractivity contribution in [3.63, 3.8) is 0 Å². The van der Waals surface area contributed by atoms with E-state index in [1.165, 1.54) is 63.7 Å². The molecule has 0 fully saturated rings. The molecule has 0 atom stereocenters. The fourth-order valence-corrected chi connectivity index (χ4v) is 31.4. The molecule has 2 radical (unpaired) electrons. The average molecular weight is 1320 g/mol. The number of hydrogen-bond donors (Lipinski definition) is 0. The Morgan fingerprint density at radius 1 is 0.140 bits per heavy atom. The van der Waals surface area contributed by atoms with E-state index in [-0.39, 0.29) is 34.1 Å². The predicted octanol–water partition coefficient (Wildman–Crippen LogP) is 16.8. The molecule has 8 heteroatoms. The summed E-state index contributed by atoms with van der Waals surface area (Å²) in [6.45, 7) is 7.37. The fraction of sp³-hybridized carbons (Fsp3) is 0.0769. The zero-order chi connectivity index (χ0) is 57.6. The van der Waals surface area contributed by atoms with Gasteiger partial charge in [0.25, 0.3) is 0 Å². The monoisotopic (exact) mass is 1320 g/mol. The molecule has 12 aromatic rings. The summed E-state index contributed by atoms with van der Waals surface area (Å²) in [5.41, 5.74) is 0. The standard InChI is InChI=1S/3C26H24P2.2Cu/c3*1-22(27(23-14-6-2-7-15-23)24-16-8-3-9-17-24)28(25-18-10-4-11-19-25)26-20-12-5-13-21-26;;/h3*2-22H,1H3;;. The van der Waals surface area contributed by atoms with Gasteiger partial charge in [0.05, 0.1) is 0 Å². The Morgan fingerprint density at radius 2 is 0.209 bits per heavy atom. The molecule has 0 saturated heterocycles. The minimum Gasteiger partial charge on any atom is -0.0622 e. The zero-order valence-corrected chi connectivity index (χ0v) is 55.9. The van der Waals surface area contributed by atoms with Crippen LogP contribution in [0.25, 0.3) is 0 Å². The third kappa shape index (κ3) is 17.7. The smallest absolute Gasteiger partial charge is 0.0126 e. The molecule has 0 aliphatic heterocycles. The van der Waals surface area contributed by atoms with Crippen molar-refractivity contribution in [3.05, 3.63) is 364 Å². The average Bonchev–Trinajstić information content (AvgIpc) is 2.91. The number of hydrogen-bond acceptors (Lipinski definition) is 0. The predicted molar refractivity (Wildman–Crippen MR) is 383 cm³/mol. The molecule has 0 aromatic heterocycles. The molecule has 0 amide bonds. The van der Waals surface area contributed by atoms with Gasteiger partial charge in [-0.05, 0) is 111 Å². The summed E-state index contributed by atoms with van der Waals surface area (Å²) in [6, 6.07) is 133.